The third-order valence-electron chi connectivity index (χ3n) is 2.93. The molecule has 0 amide bonds. The van der Waals surface area contributed by atoms with Crippen molar-refractivity contribution in [2.75, 3.05) is 13.2 Å². The molecule has 0 radical (unpaired) electrons. The van der Waals surface area contributed by atoms with Gasteiger partial charge in [-0.1, -0.05) is 26.0 Å². The third kappa shape index (κ3) is 2.67. The van der Waals surface area contributed by atoms with Crippen molar-refractivity contribution >= 4 is 11.0 Å². The molecule has 0 fully saturated rings. The lowest BCUT2D eigenvalue weighted by atomic mass is 10.2. The van der Waals surface area contributed by atoms with E-state index in [-0.39, 0.29) is 6.04 Å². The molecule has 98 valence electrons. The van der Waals surface area contributed by atoms with Gasteiger partial charge in [0.25, 0.3) is 0 Å². The largest absolute Gasteiger partial charge is 0.490 e. The van der Waals surface area contributed by atoms with Crippen molar-refractivity contribution in [3.8, 4) is 5.75 Å². The maximum atomic E-state index is 5.92. The van der Waals surface area contributed by atoms with Gasteiger partial charge in [0.15, 0.2) is 11.3 Å². The molecule has 3 heteroatoms. The molecule has 1 N–H and O–H groups in total. The molecule has 0 aliphatic rings. The van der Waals surface area contributed by atoms with Gasteiger partial charge in [-0.25, -0.2) is 0 Å². The maximum Gasteiger partial charge on any atom is 0.176 e. The average molecular weight is 247 g/mol. The van der Waals surface area contributed by atoms with Crippen LogP contribution in [-0.4, -0.2) is 13.2 Å². The minimum Gasteiger partial charge on any atom is -0.490 e. The van der Waals surface area contributed by atoms with Gasteiger partial charge < -0.3 is 14.5 Å². The minimum absolute atomic E-state index is 0.224. The number of rotatable bonds is 6. The van der Waals surface area contributed by atoms with Crippen LogP contribution in [0.1, 0.15) is 39.0 Å². The van der Waals surface area contributed by atoms with E-state index in [0.29, 0.717) is 0 Å². The van der Waals surface area contributed by atoms with E-state index in [1.54, 1.807) is 0 Å². The van der Waals surface area contributed by atoms with Crippen molar-refractivity contribution in [2.45, 2.75) is 33.2 Å². The number of hydrogen-bond acceptors (Lipinski definition) is 3. The van der Waals surface area contributed by atoms with Crippen molar-refractivity contribution < 1.29 is 9.15 Å². The quantitative estimate of drug-likeness (QED) is 0.840. The van der Waals surface area contributed by atoms with Crippen LogP contribution in [0.15, 0.2) is 28.7 Å². The summed E-state index contributed by atoms with van der Waals surface area (Å²) in [6, 6.07) is 8.33. The van der Waals surface area contributed by atoms with Gasteiger partial charge in [0.1, 0.15) is 5.76 Å². The zero-order chi connectivity index (χ0) is 13.0. The number of para-hydroxylation sites is 1. The lowest BCUT2D eigenvalue weighted by molar-refractivity contribution is 0.314. The van der Waals surface area contributed by atoms with Crippen LogP contribution in [0.2, 0.25) is 0 Å². The molecule has 1 unspecified atom stereocenters. The third-order valence-corrected chi connectivity index (χ3v) is 2.93. The normalized spacial score (nSPS) is 12.8. The molecule has 0 aliphatic carbocycles. The van der Waals surface area contributed by atoms with E-state index >= 15 is 0 Å². The van der Waals surface area contributed by atoms with Gasteiger partial charge in [0, 0.05) is 5.39 Å². The molecular weight excluding hydrogens is 226 g/mol. The smallest absolute Gasteiger partial charge is 0.176 e. The van der Waals surface area contributed by atoms with Crippen molar-refractivity contribution in [2.24, 2.45) is 0 Å². The Balaban J connectivity index is 2.31. The molecule has 3 nitrogen and oxygen atoms in total. The second-order valence-electron chi connectivity index (χ2n) is 4.45. The Labute approximate surface area is 108 Å². The SMILES string of the molecule is CCCOc1cccc2cc(C(C)NCC)oc12. The lowest BCUT2D eigenvalue weighted by Gasteiger charge is -2.08. The molecule has 0 saturated carbocycles. The first-order valence-electron chi connectivity index (χ1n) is 6.64. The average Bonchev–Trinajstić information content (AvgIpc) is 2.81. The van der Waals surface area contributed by atoms with Gasteiger partial charge in [0.05, 0.1) is 12.6 Å². The number of ether oxygens (including phenoxy) is 1. The van der Waals surface area contributed by atoms with Crippen LogP contribution in [0.3, 0.4) is 0 Å². The highest BCUT2D eigenvalue weighted by molar-refractivity contribution is 5.83. The molecule has 0 bridgehead atoms. The summed E-state index contributed by atoms with van der Waals surface area (Å²) in [4.78, 5) is 0. The molecule has 0 saturated heterocycles. The summed E-state index contributed by atoms with van der Waals surface area (Å²) in [6.45, 7) is 7.94. The summed E-state index contributed by atoms with van der Waals surface area (Å²) >= 11 is 0. The number of benzene rings is 1. The summed E-state index contributed by atoms with van der Waals surface area (Å²) in [5.74, 6) is 1.80. The van der Waals surface area contributed by atoms with E-state index in [1.807, 2.05) is 12.1 Å². The second kappa shape index (κ2) is 5.91. The fourth-order valence-corrected chi connectivity index (χ4v) is 2.00. The first-order chi connectivity index (χ1) is 8.76. The molecule has 2 aromatic rings. The molecule has 2 rings (SSSR count). The van der Waals surface area contributed by atoms with Crippen LogP contribution in [-0.2, 0) is 0 Å². The van der Waals surface area contributed by atoms with E-state index in [2.05, 4.69) is 38.2 Å². The fourth-order valence-electron chi connectivity index (χ4n) is 2.00. The Morgan fingerprint density at radius 2 is 2.17 bits per heavy atom. The number of nitrogens with one attached hydrogen (secondary N) is 1. The topological polar surface area (TPSA) is 34.4 Å². The van der Waals surface area contributed by atoms with E-state index < -0.39 is 0 Å². The Bertz CT molecular complexity index is 504. The Kier molecular flexibility index (Phi) is 4.26. The lowest BCUT2D eigenvalue weighted by Crippen LogP contribution is -2.16. The number of hydrogen-bond donors (Lipinski definition) is 1. The maximum absolute atomic E-state index is 5.92. The van der Waals surface area contributed by atoms with Crippen molar-refractivity contribution in [1.82, 2.24) is 5.32 Å². The summed E-state index contributed by atoms with van der Waals surface area (Å²) in [5.41, 5.74) is 0.853. The number of furan rings is 1. The van der Waals surface area contributed by atoms with Gasteiger partial charge in [-0.05, 0) is 32.0 Å². The Hall–Kier alpha value is -1.48. The standard InChI is InChI=1S/C15H21NO2/c1-4-9-17-13-8-6-7-12-10-14(18-15(12)13)11(3)16-5-2/h6-8,10-11,16H,4-5,9H2,1-3H3. The van der Waals surface area contributed by atoms with Crippen molar-refractivity contribution in [3.63, 3.8) is 0 Å². The van der Waals surface area contributed by atoms with Gasteiger partial charge >= 0.3 is 0 Å². The predicted molar refractivity (Wildman–Crippen MR) is 74.1 cm³/mol. The number of fused-ring (bicyclic) bond motifs is 1. The van der Waals surface area contributed by atoms with Crippen molar-refractivity contribution in [3.05, 3.63) is 30.0 Å². The highest BCUT2D eigenvalue weighted by atomic mass is 16.5. The molecular formula is C15H21NO2. The van der Waals surface area contributed by atoms with E-state index in [0.717, 1.165) is 42.1 Å². The summed E-state index contributed by atoms with van der Waals surface area (Å²) in [5, 5.41) is 4.45. The second-order valence-corrected chi connectivity index (χ2v) is 4.45. The monoisotopic (exact) mass is 247 g/mol. The summed E-state index contributed by atoms with van der Waals surface area (Å²) < 4.78 is 11.6. The van der Waals surface area contributed by atoms with Crippen LogP contribution in [0.5, 0.6) is 5.75 Å². The molecule has 1 aromatic heterocycles. The summed E-state index contributed by atoms with van der Waals surface area (Å²) in [6.07, 6.45) is 0.998. The molecule has 1 heterocycles. The van der Waals surface area contributed by atoms with Crippen LogP contribution in [0.4, 0.5) is 0 Å². The Morgan fingerprint density at radius 1 is 1.33 bits per heavy atom. The van der Waals surface area contributed by atoms with Gasteiger partial charge in [0.2, 0.25) is 0 Å². The van der Waals surface area contributed by atoms with Crippen LogP contribution in [0.25, 0.3) is 11.0 Å². The Morgan fingerprint density at radius 3 is 2.89 bits per heavy atom. The van der Waals surface area contributed by atoms with Gasteiger partial charge in [-0.2, -0.15) is 0 Å². The van der Waals surface area contributed by atoms with Crippen LogP contribution >= 0.6 is 0 Å². The molecule has 0 spiro atoms. The van der Waals surface area contributed by atoms with E-state index in [4.69, 9.17) is 9.15 Å². The first-order valence-corrected chi connectivity index (χ1v) is 6.64. The van der Waals surface area contributed by atoms with Gasteiger partial charge in [-0.3, -0.25) is 0 Å². The zero-order valence-corrected chi connectivity index (χ0v) is 11.3. The molecule has 18 heavy (non-hydrogen) atoms. The highest BCUT2D eigenvalue weighted by Gasteiger charge is 2.13. The summed E-state index contributed by atoms with van der Waals surface area (Å²) in [7, 11) is 0. The minimum atomic E-state index is 0.224. The fraction of sp³-hybridized carbons (Fsp3) is 0.467. The zero-order valence-electron chi connectivity index (χ0n) is 11.3. The predicted octanol–water partition coefficient (Wildman–Crippen LogP) is 3.89. The van der Waals surface area contributed by atoms with Gasteiger partial charge in [-0.15, -0.1) is 0 Å². The molecule has 1 atom stereocenters. The molecule has 0 aliphatic heterocycles. The first kappa shape index (κ1) is 13.0. The van der Waals surface area contributed by atoms with Crippen LogP contribution in [0, 0.1) is 0 Å². The van der Waals surface area contributed by atoms with Crippen molar-refractivity contribution in [1.29, 1.82) is 0 Å². The van der Waals surface area contributed by atoms with E-state index in [9.17, 15) is 0 Å². The highest BCUT2D eigenvalue weighted by Crippen LogP contribution is 2.31. The molecule has 1 aromatic carbocycles. The van der Waals surface area contributed by atoms with Crippen LogP contribution < -0.4 is 10.1 Å². The van der Waals surface area contributed by atoms with E-state index in [1.165, 1.54) is 0 Å².